The van der Waals surface area contributed by atoms with Crippen molar-refractivity contribution in [1.29, 1.82) is 0 Å². The first-order valence-corrected chi connectivity index (χ1v) is 10.4. The van der Waals surface area contributed by atoms with Crippen molar-refractivity contribution in [2.75, 3.05) is 5.32 Å². The Labute approximate surface area is 163 Å². The highest BCUT2D eigenvalue weighted by Gasteiger charge is 2.26. The molecule has 3 rings (SSSR count). The molecule has 0 atom stereocenters. The van der Waals surface area contributed by atoms with E-state index in [1.807, 2.05) is 13.0 Å². The lowest BCUT2D eigenvalue weighted by atomic mass is 10.1. The average molecular weight is 401 g/mol. The topological polar surface area (TPSA) is 90.2 Å². The fourth-order valence-electron chi connectivity index (χ4n) is 3.09. The maximum absolute atomic E-state index is 12.9. The Morgan fingerprint density at radius 3 is 2.21 bits per heavy atom. The summed E-state index contributed by atoms with van der Waals surface area (Å²) < 4.78 is 28.7. The summed E-state index contributed by atoms with van der Waals surface area (Å²) in [5.74, 6) is -0.413. The molecule has 0 aliphatic heterocycles. The maximum Gasteiger partial charge on any atom is 0.328 e. The number of hydrogen-bond acceptors (Lipinski definition) is 4. The standard InChI is InChI=1S/C20H23N3O4S/c1-12(2)28(26,27)18-11-17-16(22(4)20(25)23(17)5)10-15(18)21-19(24)14-8-6-7-13(3)9-14/h6-12H,1-5H3,(H,21,24). The van der Waals surface area contributed by atoms with Gasteiger partial charge in [0, 0.05) is 19.7 Å². The van der Waals surface area contributed by atoms with Crippen molar-refractivity contribution in [3.8, 4) is 0 Å². The molecule has 0 radical (unpaired) electrons. The van der Waals surface area contributed by atoms with Crippen molar-refractivity contribution in [2.24, 2.45) is 14.1 Å². The molecule has 0 saturated carbocycles. The summed E-state index contributed by atoms with van der Waals surface area (Å²) in [5, 5.41) is 2.04. The van der Waals surface area contributed by atoms with Crippen LogP contribution in [0.15, 0.2) is 46.1 Å². The molecular formula is C20H23N3O4S. The number of aryl methyl sites for hydroxylation is 3. The Hall–Kier alpha value is -2.87. The van der Waals surface area contributed by atoms with Gasteiger partial charge in [0.2, 0.25) is 0 Å². The molecule has 8 heteroatoms. The van der Waals surface area contributed by atoms with Crippen molar-refractivity contribution < 1.29 is 13.2 Å². The predicted octanol–water partition coefficient (Wildman–Crippen LogP) is 2.62. The Balaban J connectivity index is 2.23. The molecule has 0 saturated heterocycles. The van der Waals surface area contributed by atoms with Crippen molar-refractivity contribution in [1.82, 2.24) is 9.13 Å². The Morgan fingerprint density at radius 2 is 1.64 bits per heavy atom. The first kappa shape index (κ1) is 19.9. The number of sulfone groups is 1. The van der Waals surface area contributed by atoms with E-state index in [0.717, 1.165) is 5.56 Å². The van der Waals surface area contributed by atoms with Gasteiger partial charge in [-0.3, -0.25) is 13.9 Å². The van der Waals surface area contributed by atoms with Crippen molar-refractivity contribution in [3.63, 3.8) is 0 Å². The normalized spacial score (nSPS) is 11.9. The minimum absolute atomic E-state index is 0.00259. The number of carbonyl (C=O) groups is 1. The molecule has 1 N–H and O–H groups in total. The number of nitrogens with one attached hydrogen (secondary N) is 1. The third kappa shape index (κ3) is 3.24. The summed E-state index contributed by atoms with van der Waals surface area (Å²) in [5.41, 5.74) is 2.26. The summed E-state index contributed by atoms with van der Waals surface area (Å²) in [6, 6.07) is 10.0. The van der Waals surface area contributed by atoms with E-state index in [4.69, 9.17) is 0 Å². The van der Waals surface area contributed by atoms with Gasteiger partial charge in [0.15, 0.2) is 9.84 Å². The van der Waals surface area contributed by atoms with Gasteiger partial charge in [0.05, 0.1) is 26.9 Å². The second-order valence-electron chi connectivity index (χ2n) is 7.16. The molecular weight excluding hydrogens is 378 g/mol. The Kier molecular flexibility index (Phi) is 4.93. The summed E-state index contributed by atoms with van der Waals surface area (Å²) in [6.45, 7) is 5.03. The highest BCUT2D eigenvalue weighted by molar-refractivity contribution is 7.92. The lowest BCUT2D eigenvalue weighted by molar-refractivity contribution is 0.102. The van der Waals surface area contributed by atoms with Crippen LogP contribution in [0.1, 0.15) is 29.8 Å². The number of anilines is 1. The molecule has 0 fully saturated rings. The van der Waals surface area contributed by atoms with Crippen LogP contribution in [0.25, 0.3) is 11.0 Å². The molecule has 0 unspecified atom stereocenters. The average Bonchev–Trinajstić information content (AvgIpc) is 2.85. The molecule has 1 heterocycles. The highest BCUT2D eigenvalue weighted by atomic mass is 32.2. The maximum atomic E-state index is 12.9. The van der Waals surface area contributed by atoms with E-state index in [1.165, 1.54) is 15.2 Å². The van der Waals surface area contributed by atoms with E-state index in [1.54, 1.807) is 52.2 Å². The zero-order chi connectivity index (χ0) is 20.8. The van der Waals surface area contributed by atoms with Crippen LogP contribution in [0.3, 0.4) is 0 Å². The summed E-state index contributed by atoms with van der Waals surface area (Å²) in [7, 11) is -0.505. The van der Waals surface area contributed by atoms with Gasteiger partial charge in [0.25, 0.3) is 5.91 Å². The van der Waals surface area contributed by atoms with Crippen LogP contribution >= 0.6 is 0 Å². The van der Waals surface area contributed by atoms with E-state index in [-0.39, 0.29) is 16.3 Å². The highest BCUT2D eigenvalue weighted by Crippen LogP contribution is 2.30. The number of hydrogen-bond donors (Lipinski definition) is 1. The predicted molar refractivity (Wildman–Crippen MR) is 110 cm³/mol. The van der Waals surface area contributed by atoms with Crippen molar-refractivity contribution in [2.45, 2.75) is 30.9 Å². The Bertz CT molecular complexity index is 1250. The monoisotopic (exact) mass is 401 g/mol. The molecule has 7 nitrogen and oxygen atoms in total. The van der Waals surface area contributed by atoms with E-state index in [2.05, 4.69) is 5.32 Å². The van der Waals surface area contributed by atoms with Gasteiger partial charge < -0.3 is 5.32 Å². The zero-order valence-electron chi connectivity index (χ0n) is 16.5. The van der Waals surface area contributed by atoms with E-state index in [0.29, 0.717) is 16.6 Å². The largest absolute Gasteiger partial charge is 0.328 e. The van der Waals surface area contributed by atoms with Crippen LogP contribution in [0.2, 0.25) is 0 Å². The lowest BCUT2D eigenvalue weighted by Crippen LogP contribution is -2.19. The molecule has 0 spiro atoms. The molecule has 2 aromatic carbocycles. The third-order valence-corrected chi connectivity index (χ3v) is 7.02. The summed E-state index contributed by atoms with van der Waals surface area (Å²) >= 11 is 0. The van der Waals surface area contributed by atoms with Gasteiger partial charge in [-0.2, -0.15) is 0 Å². The van der Waals surface area contributed by atoms with E-state index < -0.39 is 21.0 Å². The number of fused-ring (bicyclic) bond motifs is 1. The van der Waals surface area contributed by atoms with Gasteiger partial charge >= 0.3 is 5.69 Å². The second-order valence-corrected chi connectivity index (χ2v) is 9.63. The van der Waals surface area contributed by atoms with Gasteiger partial charge in [-0.05, 0) is 45.0 Å². The molecule has 1 amide bonds. The number of imidazole rings is 1. The zero-order valence-corrected chi connectivity index (χ0v) is 17.3. The quantitative estimate of drug-likeness (QED) is 0.728. The van der Waals surface area contributed by atoms with Crippen LogP contribution in [-0.4, -0.2) is 28.7 Å². The molecule has 28 heavy (non-hydrogen) atoms. The summed E-state index contributed by atoms with van der Waals surface area (Å²) in [4.78, 5) is 25.0. The van der Waals surface area contributed by atoms with Gasteiger partial charge in [-0.15, -0.1) is 0 Å². The SMILES string of the molecule is Cc1cccc(C(=O)Nc2cc3c(cc2S(=O)(=O)C(C)C)n(C)c(=O)n3C)c1. The lowest BCUT2D eigenvalue weighted by Gasteiger charge is -2.15. The minimum Gasteiger partial charge on any atom is -0.321 e. The molecule has 3 aromatic rings. The first-order valence-electron chi connectivity index (χ1n) is 8.85. The van der Waals surface area contributed by atoms with E-state index in [9.17, 15) is 18.0 Å². The number of amides is 1. The Morgan fingerprint density at radius 1 is 1.04 bits per heavy atom. The van der Waals surface area contributed by atoms with Crippen LogP contribution in [0.5, 0.6) is 0 Å². The van der Waals surface area contributed by atoms with Crippen molar-refractivity contribution >= 4 is 32.5 Å². The second kappa shape index (κ2) is 6.94. The number of aromatic nitrogens is 2. The number of rotatable bonds is 4. The van der Waals surface area contributed by atoms with Crippen LogP contribution in [0, 0.1) is 6.92 Å². The summed E-state index contributed by atoms with van der Waals surface area (Å²) in [6.07, 6.45) is 0. The fraction of sp³-hybridized carbons (Fsp3) is 0.300. The number of carbonyl (C=O) groups excluding carboxylic acids is 1. The van der Waals surface area contributed by atoms with Crippen LogP contribution in [0.4, 0.5) is 5.69 Å². The third-order valence-electron chi connectivity index (χ3n) is 4.83. The smallest absolute Gasteiger partial charge is 0.321 e. The van der Waals surface area contributed by atoms with Crippen LogP contribution < -0.4 is 11.0 Å². The molecule has 0 aliphatic carbocycles. The van der Waals surface area contributed by atoms with E-state index >= 15 is 0 Å². The van der Waals surface area contributed by atoms with Gasteiger partial charge in [-0.25, -0.2) is 13.2 Å². The first-order chi connectivity index (χ1) is 13.0. The van der Waals surface area contributed by atoms with Crippen LogP contribution in [-0.2, 0) is 23.9 Å². The van der Waals surface area contributed by atoms with Gasteiger partial charge in [-0.1, -0.05) is 17.7 Å². The van der Waals surface area contributed by atoms with Gasteiger partial charge in [0.1, 0.15) is 0 Å². The molecule has 0 aliphatic rings. The number of nitrogens with zero attached hydrogens (tertiary/aromatic N) is 2. The number of benzene rings is 2. The fourth-order valence-corrected chi connectivity index (χ4v) is 4.29. The molecule has 1 aromatic heterocycles. The molecule has 0 bridgehead atoms. The minimum atomic E-state index is -3.69. The molecule has 148 valence electrons. The van der Waals surface area contributed by atoms with Crippen molar-refractivity contribution in [3.05, 3.63) is 58.0 Å².